The number of aromatic nitrogens is 1. The van der Waals surface area contributed by atoms with E-state index < -0.39 is 0 Å². The molecule has 2 aliphatic carbocycles. The van der Waals surface area contributed by atoms with E-state index in [2.05, 4.69) is 102 Å². The van der Waals surface area contributed by atoms with Gasteiger partial charge in [-0.1, -0.05) is 72.8 Å². The highest BCUT2D eigenvalue weighted by Crippen LogP contribution is 2.36. The number of allylic oxidation sites excluding steroid dienone is 1. The Morgan fingerprint density at radius 3 is 2.21 bits per heavy atom. The van der Waals surface area contributed by atoms with Crippen LogP contribution in [0, 0.1) is 0 Å². The van der Waals surface area contributed by atoms with E-state index in [4.69, 9.17) is 8.83 Å². The highest BCUT2D eigenvalue weighted by molar-refractivity contribution is 6.10. The standard InChI is InChI=1S/C36H25NO2/c1-4-10-31-25(7-1)26-8-2-5-11-32(26)37(31)24-15-17-29-30-19-22(14-18-34(30)39-36(29)21-24)23-13-16-28-27-9-3-6-12-33(27)38-35(28)20-23/h1-13,16,18-22H,14-15,17H2. The summed E-state index contributed by atoms with van der Waals surface area (Å²) in [5.74, 6) is 1.31. The average molecular weight is 504 g/mol. The topological polar surface area (TPSA) is 31.2 Å². The molecular weight excluding hydrogens is 478 g/mol. The highest BCUT2D eigenvalue weighted by atomic mass is 16.3. The Balaban J connectivity index is 1.15. The van der Waals surface area contributed by atoms with Crippen LogP contribution in [0.4, 0.5) is 0 Å². The monoisotopic (exact) mass is 503 g/mol. The van der Waals surface area contributed by atoms with Gasteiger partial charge in [0.1, 0.15) is 22.3 Å². The third-order valence-electron chi connectivity index (χ3n) is 8.66. The van der Waals surface area contributed by atoms with Gasteiger partial charge >= 0.3 is 0 Å². The fraction of sp³-hybridized carbons (Fsp3) is 0.111. The van der Waals surface area contributed by atoms with Crippen LogP contribution in [0.5, 0.6) is 0 Å². The number of rotatable bonds is 2. The number of fused-ring (bicyclic) bond motifs is 9. The van der Waals surface area contributed by atoms with Crippen molar-refractivity contribution < 1.29 is 8.83 Å². The second-order valence-corrected chi connectivity index (χ2v) is 10.8. The highest BCUT2D eigenvalue weighted by Gasteiger charge is 2.23. The van der Waals surface area contributed by atoms with Crippen LogP contribution in [0.15, 0.2) is 99.8 Å². The first-order valence-electron chi connectivity index (χ1n) is 13.8. The van der Waals surface area contributed by atoms with Crippen LogP contribution in [-0.4, -0.2) is 4.57 Å². The normalized spacial score (nSPS) is 16.7. The molecular formula is C36H25NO2. The van der Waals surface area contributed by atoms with Crippen LogP contribution >= 0.6 is 0 Å². The molecule has 9 rings (SSSR count). The zero-order valence-corrected chi connectivity index (χ0v) is 21.4. The van der Waals surface area contributed by atoms with Crippen LogP contribution in [0.25, 0.3) is 67.7 Å². The number of hydrogen-bond acceptors (Lipinski definition) is 2. The first kappa shape index (κ1) is 21.2. The largest absolute Gasteiger partial charge is 0.457 e. The molecule has 1 unspecified atom stereocenters. The van der Waals surface area contributed by atoms with Crippen molar-refractivity contribution in [1.82, 2.24) is 4.57 Å². The molecule has 0 spiro atoms. The summed E-state index contributed by atoms with van der Waals surface area (Å²) in [5, 5.41) is 6.21. The molecule has 0 bridgehead atoms. The number of nitrogens with zero attached hydrogens (tertiary/aromatic N) is 1. The second kappa shape index (κ2) is 7.87. The van der Waals surface area contributed by atoms with Crippen LogP contribution in [0.2, 0.25) is 0 Å². The van der Waals surface area contributed by atoms with E-state index >= 15 is 0 Å². The summed E-state index contributed by atoms with van der Waals surface area (Å²) in [6.07, 6.45) is 9.84. The summed E-state index contributed by atoms with van der Waals surface area (Å²) >= 11 is 0. The van der Waals surface area contributed by atoms with Crippen LogP contribution in [0.1, 0.15) is 35.6 Å². The van der Waals surface area contributed by atoms with E-state index in [1.807, 2.05) is 12.1 Å². The molecule has 3 heterocycles. The Morgan fingerprint density at radius 1 is 0.667 bits per heavy atom. The van der Waals surface area contributed by atoms with Crippen LogP contribution in [-0.2, 0) is 6.42 Å². The third-order valence-corrected chi connectivity index (χ3v) is 8.66. The van der Waals surface area contributed by atoms with E-state index in [-0.39, 0.29) is 0 Å². The first-order chi connectivity index (χ1) is 19.3. The van der Waals surface area contributed by atoms with E-state index in [0.29, 0.717) is 5.92 Å². The average Bonchev–Trinajstić information content (AvgIpc) is 3.65. The maximum atomic E-state index is 6.48. The number of benzene rings is 4. The van der Waals surface area contributed by atoms with Gasteiger partial charge in [-0.05, 0) is 55.2 Å². The van der Waals surface area contributed by atoms with Gasteiger partial charge in [-0.3, -0.25) is 0 Å². The van der Waals surface area contributed by atoms with Crippen LogP contribution < -0.4 is 10.6 Å². The summed E-state index contributed by atoms with van der Waals surface area (Å²) in [5.41, 5.74) is 9.34. The predicted molar refractivity (Wildman–Crippen MR) is 160 cm³/mol. The minimum atomic E-state index is 0.305. The maximum absolute atomic E-state index is 6.48. The number of hydrogen-bond donors (Lipinski definition) is 0. The molecule has 7 aromatic rings. The van der Waals surface area contributed by atoms with Crippen LogP contribution in [0.3, 0.4) is 0 Å². The van der Waals surface area contributed by atoms with Gasteiger partial charge < -0.3 is 13.4 Å². The SMILES string of the molecule is C1=C(n2c3ccccc3c3ccccc32)CCc2c1oc1c2=CC(c2ccc3c(c2)oc2ccccc23)CC=1. The Hall–Kier alpha value is -4.76. The third kappa shape index (κ3) is 3.04. The molecule has 39 heavy (non-hydrogen) atoms. The lowest BCUT2D eigenvalue weighted by atomic mass is 9.89. The first-order valence-corrected chi connectivity index (χ1v) is 13.8. The molecule has 0 radical (unpaired) electrons. The smallest absolute Gasteiger partial charge is 0.135 e. The van der Waals surface area contributed by atoms with E-state index in [1.165, 1.54) is 54.6 Å². The summed E-state index contributed by atoms with van der Waals surface area (Å²) in [4.78, 5) is 0. The summed E-state index contributed by atoms with van der Waals surface area (Å²) in [7, 11) is 0. The molecule has 0 saturated heterocycles. The zero-order valence-electron chi connectivity index (χ0n) is 21.4. The molecule has 0 N–H and O–H groups in total. The van der Waals surface area contributed by atoms with Gasteiger partial charge in [0.15, 0.2) is 0 Å². The van der Waals surface area contributed by atoms with Crippen molar-refractivity contribution >= 4 is 67.7 Å². The van der Waals surface area contributed by atoms with Crippen molar-refractivity contribution in [1.29, 1.82) is 0 Å². The Morgan fingerprint density at radius 2 is 1.38 bits per heavy atom. The quantitative estimate of drug-likeness (QED) is 0.239. The van der Waals surface area contributed by atoms with E-state index in [9.17, 15) is 0 Å². The molecule has 0 amide bonds. The van der Waals surface area contributed by atoms with Crippen molar-refractivity contribution in [3.05, 3.63) is 119 Å². The van der Waals surface area contributed by atoms with Crippen molar-refractivity contribution in [3.8, 4) is 0 Å². The Bertz CT molecular complexity index is 2220. The van der Waals surface area contributed by atoms with Crippen molar-refractivity contribution in [2.24, 2.45) is 0 Å². The van der Waals surface area contributed by atoms with Gasteiger partial charge in [0.2, 0.25) is 0 Å². The van der Waals surface area contributed by atoms with Crippen molar-refractivity contribution in [2.45, 2.75) is 25.2 Å². The second-order valence-electron chi connectivity index (χ2n) is 10.8. The lowest BCUT2D eigenvalue weighted by Gasteiger charge is -2.17. The van der Waals surface area contributed by atoms with Gasteiger partial charge in [-0.15, -0.1) is 0 Å². The molecule has 3 heteroatoms. The molecule has 0 aliphatic heterocycles. The fourth-order valence-electron chi connectivity index (χ4n) is 6.82. The summed E-state index contributed by atoms with van der Waals surface area (Å²) < 4.78 is 15.1. The van der Waals surface area contributed by atoms with Crippen molar-refractivity contribution in [2.75, 3.05) is 0 Å². The number of furan rings is 2. The lowest BCUT2D eigenvalue weighted by molar-refractivity contribution is 0.514. The Labute approximate surface area is 224 Å². The fourth-order valence-corrected chi connectivity index (χ4v) is 6.82. The lowest BCUT2D eigenvalue weighted by Crippen LogP contribution is -2.27. The summed E-state index contributed by atoms with van der Waals surface area (Å²) in [6.45, 7) is 0. The number of para-hydroxylation sites is 3. The van der Waals surface area contributed by atoms with Gasteiger partial charge in [-0.25, -0.2) is 0 Å². The predicted octanol–water partition coefficient (Wildman–Crippen LogP) is 7.98. The van der Waals surface area contributed by atoms with Gasteiger partial charge in [0, 0.05) is 50.0 Å². The molecule has 0 saturated carbocycles. The Kier molecular flexibility index (Phi) is 4.28. The van der Waals surface area contributed by atoms with Crippen molar-refractivity contribution in [3.63, 3.8) is 0 Å². The zero-order chi connectivity index (χ0) is 25.5. The molecule has 0 fully saturated rings. The van der Waals surface area contributed by atoms with E-state index in [0.717, 1.165) is 41.6 Å². The van der Waals surface area contributed by atoms with Gasteiger partial charge in [0.05, 0.1) is 11.0 Å². The molecule has 2 aliphatic rings. The van der Waals surface area contributed by atoms with Gasteiger partial charge in [-0.2, -0.15) is 0 Å². The van der Waals surface area contributed by atoms with E-state index in [1.54, 1.807) is 0 Å². The summed E-state index contributed by atoms with van der Waals surface area (Å²) in [6, 6.07) is 32.4. The van der Waals surface area contributed by atoms with Gasteiger partial charge in [0.25, 0.3) is 0 Å². The minimum absolute atomic E-state index is 0.305. The molecule has 4 aromatic carbocycles. The maximum Gasteiger partial charge on any atom is 0.135 e. The molecule has 186 valence electrons. The minimum Gasteiger partial charge on any atom is -0.457 e. The molecule has 3 nitrogen and oxygen atoms in total. The molecule has 1 atom stereocenters. The molecule has 3 aromatic heterocycles.